The van der Waals surface area contributed by atoms with Crippen LogP contribution in [0.15, 0.2) is 194 Å². The van der Waals surface area contributed by atoms with Gasteiger partial charge in [-0.3, -0.25) is 0 Å². The van der Waals surface area contributed by atoms with E-state index in [1.807, 2.05) is 12.1 Å². The predicted molar refractivity (Wildman–Crippen MR) is 225 cm³/mol. The van der Waals surface area contributed by atoms with Crippen LogP contribution in [0.4, 0.5) is 0 Å². The molecule has 8 aromatic carbocycles. The molecule has 0 N–H and O–H groups in total. The van der Waals surface area contributed by atoms with E-state index in [1.165, 1.54) is 54.9 Å². The van der Waals surface area contributed by atoms with E-state index >= 15 is 0 Å². The standard InChI is InChI=1S/C52H37NO/c1-34-47-31-41(28-30-50(47)54-52(34)46-22-12-19-36-13-8-10-20-43(36)46)51-44-21-11-9-14-37(44)27-29-45(51)38-25-23-35(24-26-38)42-32-48(39-15-4-2-5-16-39)53-49(33-42)40-17-6-3-7-18-40/h2-34,52H,1H3. The van der Waals surface area contributed by atoms with E-state index in [9.17, 15) is 0 Å². The molecular formula is C52H37NO. The zero-order valence-corrected chi connectivity index (χ0v) is 30.0. The summed E-state index contributed by atoms with van der Waals surface area (Å²) < 4.78 is 6.73. The number of fused-ring (bicyclic) bond motifs is 3. The topological polar surface area (TPSA) is 22.1 Å². The fourth-order valence-electron chi connectivity index (χ4n) is 8.28. The summed E-state index contributed by atoms with van der Waals surface area (Å²) in [5.74, 6) is 1.17. The Bertz CT molecular complexity index is 2740. The normalized spacial score (nSPS) is 14.9. The van der Waals surface area contributed by atoms with Crippen molar-refractivity contribution in [1.82, 2.24) is 4.98 Å². The lowest BCUT2D eigenvalue weighted by molar-refractivity contribution is 0.217. The number of pyridine rings is 1. The number of aromatic nitrogens is 1. The third-order valence-electron chi connectivity index (χ3n) is 11.0. The molecule has 2 heterocycles. The van der Waals surface area contributed by atoms with E-state index in [4.69, 9.17) is 9.72 Å². The molecule has 2 nitrogen and oxygen atoms in total. The van der Waals surface area contributed by atoms with Gasteiger partial charge in [0.2, 0.25) is 0 Å². The van der Waals surface area contributed by atoms with Crippen molar-refractivity contribution in [3.8, 4) is 61.6 Å². The lowest BCUT2D eigenvalue weighted by Crippen LogP contribution is -2.07. The summed E-state index contributed by atoms with van der Waals surface area (Å²) in [7, 11) is 0. The minimum atomic E-state index is -0.0427. The average molecular weight is 692 g/mol. The molecule has 1 aliphatic rings. The van der Waals surface area contributed by atoms with Crippen LogP contribution in [0.3, 0.4) is 0 Å². The van der Waals surface area contributed by atoms with Crippen molar-refractivity contribution in [1.29, 1.82) is 0 Å². The molecule has 256 valence electrons. The van der Waals surface area contributed by atoms with Gasteiger partial charge in [0.05, 0.1) is 11.4 Å². The van der Waals surface area contributed by atoms with E-state index in [1.54, 1.807) is 0 Å². The zero-order valence-electron chi connectivity index (χ0n) is 30.0. The minimum absolute atomic E-state index is 0.0427. The number of benzene rings is 8. The number of hydrogen-bond acceptors (Lipinski definition) is 2. The van der Waals surface area contributed by atoms with E-state index in [2.05, 4.69) is 189 Å². The molecular weight excluding hydrogens is 655 g/mol. The highest BCUT2D eigenvalue weighted by Gasteiger charge is 2.33. The lowest BCUT2D eigenvalue weighted by Gasteiger charge is -2.18. The monoisotopic (exact) mass is 691 g/mol. The van der Waals surface area contributed by atoms with Crippen molar-refractivity contribution in [2.75, 3.05) is 0 Å². The first-order chi connectivity index (χ1) is 26.7. The highest BCUT2D eigenvalue weighted by Crippen LogP contribution is 2.49. The molecule has 0 saturated heterocycles. The van der Waals surface area contributed by atoms with Crippen LogP contribution >= 0.6 is 0 Å². The SMILES string of the molecule is CC1c2cc(-c3c(-c4ccc(-c5cc(-c6ccccc6)nc(-c6ccccc6)c5)cc4)ccc4ccccc34)ccc2OC1c1cccc2ccccc12. The second kappa shape index (κ2) is 13.3. The first kappa shape index (κ1) is 31.9. The predicted octanol–water partition coefficient (Wildman–Crippen LogP) is 14.0. The largest absolute Gasteiger partial charge is 0.485 e. The molecule has 0 amide bonds. The molecule has 54 heavy (non-hydrogen) atoms. The summed E-state index contributed by atoms with van der Waals surface area (Å²) in [5, 5.41) is 4.96. The molecule has 0 fully saturated rings. The molecule has 2 heteroatoms. The smallest absolute Gasteiger partial charge is 0.131 e. The highest BCUT2D eigenvalue weighted by atomic mass is 16.5. The number of ether oxygens (including phenoxy) is 1. The molecule has 9 aromatic rings. The van der Waals surface area contributed by atoms with Crippen LogP contribution in [-0.4, -0.2) is 4.98 Å². The fourth-order valence-corrected chi connectivity index (χ4v) is 8.28. The van der Waals surface area contributed by atoms with Crippen molar-refractivity contribution >= 4 is 21.5 Å². The summed E-state index contributed by atoms with van der Waals surface area (Å²) in [6.45, 7) is 2.30. The van der Waals surface area contributed by atoms with Crippen molar-refractivity contribution in [2.24, 2.45) is 0 Å². The second-order valence-electron chi connectivity index (χ2n) is 14.3. The van der Waals surface area contributed by atoms with Gasteiger partial charge in [-0.25, -0.2) is 4.98 Å². The Labute approximate surface area is 316 Å². The summed E-state index contributed by atoms with van der Waals surface area (Å²) in [6, 6.07) is 69.5. The Hall–Kier alpha value is -6.77. The van der Waals surface area contributed by atoms with Crippen LogP contribution in [0.1, 0.15) is 30.1 Å². The van der Waals surface area contributed by atoms with E-state index in [0.29, 0.717) is 0 Å². The van der Waals surface area contributed by atoms with Gasteiger partial charge in [-0.15, -0.1) is 0 Å². The van der Waals surface area contributed by atoms with Crippen molar-refractivity contribution < 1.29 is 4.74 Å². The summed E-state index contributed by atoms with van der Waals surface area (Å²) in [5.41, 5.74) is 13.8. The molecule has 0 aliphatic carbocycles. The molecule has 2 atom stereocenters. The van der Waals surface area contributed by atoms with Crippen LogP contribution in [0.25, 0.3) is 77.4 Å². The van der Waals surface area contributed by atoms with Gasteiger partial charge in [-0.2, -0.15) is 0 Å². The summed E-state index contributed by atoms with van der Waals surface area (Å²) in [4.78, 5) is 5.09. The van der Waals surface area contributed by atoms with E-state index in [0.717, 1.165) is 39.4 Å². The molecule has 10 rings (SSSR count). The van der Waals surface area contributed by atoms with Crippen molar-refractivity contribution in [2.45, 2.75) is 18.9 Å². The Balaban J connectivity index is 1.05. The molecule has 2 unspecified atom stereocenters. The highest BCUT2D eigenvalue weighted by molar-refractivity contribution is 6.04. The van der Waals surface area contributed by atoms with Crippen LogP contribution in [-0.2, 0) is 0 Å². The maximum absolute atomic E-state index is 6.73. The Kier molecular flexibility index (Phi) is 7.88. The maximum Gasteiger partial charge on any atom is 0.131 e. The number of hydrogen-bond donors (Lipinski definition) is 0. The molecule has 0 saturated carbocycles. The first-order valence-electron chi connectivity index (χ1n) is 18.7. The van der Waals surface area contributed by atoms with Crippen molar-refractivity contribution in [3.05, 3.63) is 205 Å². The molecule has 1 aliphatic heterocycles. The number of nitrogens with zero attached hydrogens (tertiary/aromatic N) is 1. The minimum Gasteiger partial charge on any atom is -0.485 e. The summed E-state index contributed by atoms with van der Waals surface area (Å²) >= 11 is 0. The fraction of sp³-hybridized carbons (Fsp3) is 0.0577. The number of rotatable bonds is 6. The van der Waals surface area contributed by atoms with E-state index < -0.39 is 0 Å². The molecule has 0 radical (unpaired) electrons. The molecule has 1 aromatic heterocycles. The van der Waals surface area contributed by atoms with Gasteiger partial charge >= 0.3 is 0 Å². The molecule has 0 bridgehead atoms. The van der Waals surface area contributed by atoms with Gasteiger partial charge in [0.15, 0.2) is 0 Å². The van der Waals surface area contributed by atoms with Gasteiger partial charge in [0.25, 0.3) is 0 Å². The third-order valence-corrected chi connectivity index (χ3v) is 11.0. The third kappa shape index (κ3) is 5.64. The second-order valence-corrected chi connectivity index (χ2v) is 14.3. The Morgan fingerprint density at radius 2 is 0.981 bits per heavy atom. The Morgan fingerprint density at radius 1 is 0.407 bits per heavy atom. The van der Waals surface area contributed by atoms with Gasteiger partial charge in [-0.1, -0.05) is 177 Å². The van der Waals surface area contributed by atoms with Crippen LogP contribution in [0.2, 0.25) is 0 Å². The molecule has 0 spiro atoms. The van der Waals surface area contributed by atoms with Crippen molar-refractivity contribution in [3.63, 3.8) is 0 Å². The van der Waals surface area contributed by atoms with Crippen LogP contribution in [0, 0.1) is 0 Å². The lowest BCUT2D eigenvalue weighted by atomic mass is 9.86. The maximum atomic E-state index is 6.73. The van der Waals surface area contributed by atoms with Gasteiger partial charge in [0.1, 0.15) is 11.9 Å². The van der Waals surface area contributed by atoms with Crippen LogP contribution < -0.4 is 4.74 Å². The van der Waals surface area contributed by atoms with Gasteiger partial charge in [0, 0.05) is 28.2 Å². The van der Waals surface area contributed by atoms with Gasteiger partial charge < -0.3 is 4.74 Å². The quantitative estimate of drug-likeness (QED) is 0.173. The summed E-state index contributed by atoms with van der Waals surface area (Å²) in [6.07, 6.45) is -0.0427. The Morgan fingerprint density at radius 3 is 1.69 bits per heavy atom. The first-order valence-corrected chi connectivity index (χ1v) is 18.7. The van der Waals surface area contributed by atoms with Gasteiger partial charge in [-0.05, 0) is 79.2 Å². The zero-order chi connectivity index (χ0) is 36.0. The average Bonchev–Trinajstić information content (AvgIpc) is 3.58. The van der Waals surface area contributed by atoms with Crippen LogP contribution in [0.5, 0.6) is 5.75 Å². The van der Waals surface area contributed by atoms with E-state index in [-0.39, 0.29) is 12.0 Å².